The molecule has 0 bridgehead atoms. The van der Waals surface area contributed by atoms with Crippen molar-refractivity contribution in [2.45, 2.75) is 13.0 Å². The molecule has 1 amide bonds. The maximum absolute atomic E-state index is 11.2. The van der Waals surface area contributed by atoms with Crippen molar-refractivity contribution >= 4 is 57.1 Å². The molecule has 0 spiro atoms. The molecule has 1 heterocycles. The van der Waals surface area contributed by atoms with Gasteiger partial charge in [-0.1, -0.05) is 52.9 Å². The second-order valence-electron chi connectivity index (χ2n) is 7.23. The number of anilines is 1. The van der Waals surface area contributed by atoms with Gasteiger partial charge in [0.25, 0.3) is 0 Å². The van der Waals surface area contributed by atoms with Crippen LogP contribution in [0.25, 0.3) is 22.9 Å². The fourth-order valence-electron chi connectivity index (χ4n) is 3.09. The summed E-state index contributed by atoms with van der Waals surface area (Å²) in [6.07, 6.45) is 9.39. The van der Waals surface area contributed by atoms with E-state index in [1.54, 1.807) is 0 Å². The van der Waals surface area contributed by atoms with Crippen LogP contribution in [0, 0.1) is 0 Å². The second kappa shape index (κ2) is 10.4. The number of pyridine rings is 1. The van der Waals surface area contributed by atoms with Gasteiger partial charge in [0.1, 0.15) is 6.54 Å². The number of nitrogens with one attached hydrogen (secondary N) is 1. The van der Waals surface area contributed by atoms with Gasteiger partial charge in [0.2, 0.25) is 5.91 Å². The lowest BCUT2D eigenvalue weighted by Gasteiger charge is -2.13. The van der Waals surface area contributed by atoms with Crippen LogP contribution in [0.5, 0.6) is 0 Å². The number of carbonyl (C=O) groups is 1. The number of nitrogens with zero attached hydrogens (tertiary/aromatic N) is 2. The molecule has 5 heteroatoms. The van der Waals surface area contributed by atoms with Gasteiger partial charge in [-0.2, -0.15) is 0 Å². The third-order valence-electron chi connectivity index (χ3n) is 4.79. The second-order valence-corrected chi connectivity index (χ2v) is 7.99. The Kier molecular flexibility index (Phi) is 7.63. The Labute approximate surface area is 186 Å². The van der Waals surface area contributed by atoms with Crippen LogP contribution in [-0.2, 0) is 11.3 Å². The van der Waals surface area contributed by atoms with E-state index in [4.69, 9.17) is 0 Å². The molecular weight excluding hydrogens is 473 g/mol. The third-order valence-corrected chi connectivity index (χ3v) is 5.48. The van der Waals surface area contributed by atoms with Crippen LogP contribution in [0.2, 0.25) is 0 Å². The summed E-state index contributed by atoms with van der Waals surface area (Å²) in [6, 6.07) is 17.3. The van der Waals surface area contributed by atoms with Crippen molar-refractivity contribution in [3.05, 3.63) is 72.1 Å². The van der Waals surface area contributed by atoms with Crippen molar-refractivity contribution in [3.63, 3.8) is 0 Å². The van der Waals surface area contributed by atoms with E-state index in [0.717, 1.165) is 13.0 Å². The number of hydrogen-bond donors (Lipinski definition) is 1. The molecule has 0 radical (unpaired) electrons. The smallest absolute Gasteiger partial charge is 0.229 e. The predicted molar refractivity (Wildman–Crippen MR) is 130 cm³/mol. The highest BCUT2D eigenvalue weighted by molar-refractivity contribution is 14.1. The zero-order valence-corrected chi connectivity index (χ0v) is 19.1. The number of alkyl halides is 1. The van der Waals surface area contributed by atoms with Crippen molar-refractivity contribution in [1.82, 2.24) is 5.32 Å². The summed E-state index contributed by atoms with van der Waals surface area (Å²) in [4.78, 5) is 13.4. The molecule has 0 saturated carbocycles. The highest BCUT2D eigenvalue weighted by Gasteiger charge is 2.02. The molecule has 3 aromatic rings. The molecule has 0 fully saturated rings. The van der Waals surface area contributed by atoms with Gasteiger partial charge in [0.15, 0.2) is 12.4 Å². The monoisotopic (exact) mass is 500 g/mol. The Morgan fingerprint density at radius 2 is 1.69 bits per heavy atom. The van der Waals surface area contributed by atoms with Crippen molar-refractivity contribution in [1.29, 1.82) is 0 Å². The van der Waals surface area contributed by atoms with Gasteiger partial charge in [-0.05, 0) is 40.1 Å². The Morgan fingerprint density at radius 3 is 2.41 bits per heavy atom. The lowest BCUT2D eigenvalue weighted by Crippen LogP contribution is -2.35. The molecule has 150 valence electrons. The number of amides is 1. The number of fused-ring (bicyclic) bond motifs is 1. The number of hydrogen-bond acceptors (Lipinski definition) is 2. The van der Waals surface area contributed by atoms with E-state index in [1.165, 1.54) is 27.6 Å². The van der Waals surface area contributed by atoms with Crippen LogP contribution in [0.1, 0.15) is 17.5 Å². The van der Waals surface area contributed by atoms with Gasteiger partial charge in [0, 0.05) is 44.9 Å². The largest absolute Gasteiger partial charge is 0.378 e. The van der Waals surface area contributed by atoms with E-state index in [9.17, 15) is 4.79 Å². The number of halogens is 1. The topological polar surface area (TPSA) is 36.2 Å². The molecule has 3 rings (SSSR count). The summed E-state index contributed by atoms with van der Waals surface area (Å²) in [6.45, 7) is 1.61. The first-order valence-corrected chi connectivity index (χ1v) is 11.3. The molecule has 1 aromatic heterocycles. The lowest BCUT2D eigenvalue weighted by atomic mass is 10.1. The van der Waals surface area contributed by atoms with Gasteiger partial charge >= 0.3 is 0 Å². The Hall–Kier alpha value is -2.41. The molecule has 0 aliphatic heterocycles. The zero-order valence-electron chi connectivity index (χ0n) is 16.9. The molecule has 0 unspecified atom stereocenters. The quantitative estimate of drug-likeness (QED) is 0.217. The lowest BCUT2D eigenvalue weighted by molar-refractivity contribution is -0.697. The van der Waals surface area contributed by atoms with Crippen LogP contribution in [0.15, 0.2) is 60.9 Å². The van der Waals surface area contributed by atoms with E-state index >= 15 is 0 Å². The van der Waals surface area contributed by atoms with Gasteiger partial charge < -0.3 is 10.2 Å². The van der Waals surface area contributed by atoms with Crippen molar-refractivity contribution in [2.24, 2.45) is 0 Å². The van der Waals surface area contributed by atoms with E-state index in [-0.39, 0.29) is 5.91 Å². The van der Waals surface area contributed by atoms with Crippen LogP contribution < -0.4 is 14.8 Å². The van der Waals surface area contributed by atoms with Gasteiger partial charge in [-0.25, -0.2) is 4.57 Å². The zero-order chi connectivity index (χ0) is 20.6. The summed E-state index contributed by atoms with van der Waals surface area (Å²) >= 11 is 2.07. The van der Waals surface area contributed by atoms with Gasteiger partial charge in [0.05, 0.1) is 4.43 Å². The third kappa shape index (κ3) is 6.29. The van der Waals surface area contributed by atoms with E-state index in [2.05, 4.69) is 125 Å². The Morgan fingerprint density at radius 1 is 1.00 bits per heavy atom. The summed E-state index contributed by atoms with van der Waals surface area (Å²) in [5.41, 5.74) is 3.58. The maximum Gasteiger partial charge on any atom is 0.229 e. The van der Waals surface area contributed by atoms with E-state index in [0.29, 0.717) is 11.0 Å². The van der Waals surface area contributed by atoms with E-state index < -0.39 is 0 Å². The first-order valence-electron chi connectivity index (χ1n) is 9.76. The standard InChI is InChI=1S/C24H26IN3O/c1-27(2)23-9-8-21-16-20(6-7-22(21)17-23)5-4-19-10-14-28(15-11-19)13-3-12-26-24(29)18-25/h4-11,14-17H,3,12-13,18H2,1-2H3/p+1. The van der Waals surface area contributed by atoms with Crippen LogP contribution in [-0.4, -0.2) is 31.0 Å². The fourth-order valence-corrected chi connectivity index (χ4v) is 3.36. The summed E-state index contributed by atoms with van der Waals surface area (Å²) in [7, 11) is 4.12. The average Bonchev–Trinajstić information content (AvgIpc) is 2.75. The Balaban J connectivity index is 1.59. The summed E-state index contributed by atoms with van der Waals surface area (Å²) in [5.74, 6) is 0.0999. The minimum atomic E-state index is 0.0999. The van der Waals surface area contributed by atoms with Crippen LogP contribution in [0.3, 0.4) is 0 Å². The highest BCUT2D eigenvalue weighted by Crippen LogP contribution is 2.22. The molecular formula is C24H27IN3O+. The average molecular weight is 500 g/mol. The molecule has 0 aliphatic rings. The molecule has 2 aromatic carbocycles. The minimum absolute atomic E-state index is 0.0999. The number of aromatic nitrogens is 1. The summed E-state index contributed by atoms with van der Waals surface area (Å²) < 4.78 is 2.66. The molecule has 1 N–H and O–H groups in total. The maximum atomic E-state index is 11.2. The number of carbonyl (C=O) groups excluding carboxylic acids is 1. The number of aryl methyl sites for hydroxylation is 1. The predicted octanol–water partition coefficient (Wildman–Crippen LogP) is 4.31. The van der Waals surface area contributed by atoms with Crippen molar-refractivity contribution < 1.29 is 9.36 Å². The molecule has 0 saturated heterocycles. The fraction of sp³-hybridized carbons (Fsp3) is 0.250. The molecule has 0 atom stereocenters. The number of rotatable bonds is 8. The first kappa shape index (κ1) is 21.3. The summed E-state index contributed by atoms with van der Waals surface area (Å²) in [5, 5.41) is 5.40. The Bertz CT molecular complexity index is 997. The molecule has 29 heavy (non-hydrogen) atoms. The minimum Gasteiger partial charge on any atom is -0.378 e. The van der Waals surface area contributed by atoms with Crippen LogP contribution in [0.4, 0.5) is 5.69 Å². The normalized spacial score (nSPS) is 11.1. The van der Waals surface area contributed by atoms with Crippen molar-refractivity contribution in [2.75, 3.05) is 30.0 Å². The SMILES string of the molecule is CN(C)c1ccc2cc(/C=C/c3cc[n+](CCCNC(=O)CI)cc3)ccc2c1. The first-order chi connectivity index (χ1) is 14.0. The van der Waals surface area contributed by atoms with Crippen LogP contribution >= 0.6 is 22.6 Å². The van der Waals surface area contributed by atoms with Crippen molar-refractivity contribution in [3.8, 4) is 0 Å². The molecule has 0 aliphatic carbocycles. The number of benzene rings is 2. The highest BCUT2D eigenvalue weighted by atomic mass is 127. The van der Waals surface area contributed by atoms with E-state index in [1.807, 2.05) is 0 Å². The van der Waals surface area contributed by atoms with Gasteiger partial charge in [-0.15, -0.1) is 0 Å². The molecule has 4 nitrogen and oxygen atoms in total. The van der Waals surface area contributed by atoms with Gasteiger partial charge in [-0.3, -0.25) is 4.79 Å².